The third-order valence-electron chi connectivity index (χ3n) is 4.18. The SMILES string of the molecule is Bc1cccc(CN(C)CC(O)c2ccc3ccccc3c2)c1. The smallest absolute Gasteiger partial charge is 0.139 e. The van der Waals surface area contributed by atoms with Crippen LogP contribution in [0.15, 0.2) is 66.7 Å². The first kappa shape index (κ1) is 15.8. The minimum atomic E-state index is -0.477. The summed E-state index contributed by atoms with van der Waals surface area (Å²) in [5.41, 5.74) is 3.52. The second-order valence-corrected chi connectivity index (χ2v) is 6.31. The highest BCUT2D eigenvalue weighted by molar-refractivity contribution is 6.32. The fourth-order valence-electron chi connectivity index (χ4n) is 3.00. The van der Waals surface area contributed by atoms with Gasteiger partial charge in [-0.25, -0.2) is 0 Å². The van der Waals surface area contributed by atoms with Gasteiger partial charge in [-0.2, -0.15) is 0 Å². The number of fused-ring (bicyclic) bond motifs is 1. The quantitative estimate of drug-likeness (QED) is 0.731. The lowest BCUT2D eigenvalue weighted by molar-refractivity contribution is 0.124. The monoisotopic (exact) mass is 303 g/mol. The molecule has 0 amide bonds. The van der Waals surface area contributed by atoms with Crippen LogP contribution >= 0.6 is 0 Å². The van der Waals surface area contributed by atoms with Gasteiger partial charge in [0.05, 0.1) is 6.10 Å². The van der Waals surface area contributed by atoms with Crippen LogP contribution in [0, 0.1) is 0 Å². The van der Waals surface area contributed by atoms with E-state index in [4.69, 9.17) is 0 Å². The van der Waals surface area contributed by atoms with Crippen molar-refractivity contribution in [1.29, 1.82) is 0 Å². The summed E-state index contributed by atoms with van der Waals surface area (Å²) in [6.45, 7) is 1.46. The number of benzene rings is 3. The van der Waals surface area contributed by atoms with Gasteiger partial charge in [0, 0.05) is 13.1 Å². The van der Waals surface area contributed by atoms with Crippen molar-refractivity contribution >= 4 is 24.1 Å². The van der Waals surface area contributed by atoms with Gasteiger partial charge in [-0.15, -0.1) is 0 Å². The maximum Gasteiger partial charge on any atom is 0.139 e. The van der Waals surface area contributed by atoms with Crippen LogP contribution in [0.25, 0.3) is 10.8 Å². The van der Waals surface area contributed by atoms with Crippen molar-refractivity contribution in [2.45, 2.75) is 12.6 Å². The van der Waals surface area contributed by atoms with Gasteiger partial charge in [-0.3, -0.25) is 4.90 Å². The van der Waals surface area contributed by atoms with E-state index in [0.717, 1.165) is 12.1 Å². The number of rotatable bonds is 5. The molecular formula is C20H22BNO. The van der Waals surface area contributed by atoms with Crippen molar-refractivity contribution in [3.8, 4) is 0 Å². The summed E-state index contributed by atoms with van der Waals surface area (Å²) in [5, 5.41) is 12.9. The molecule has 0 aromatic heterocycles. The number of nitrogens with zero attached hydrogens (tertiary/aromatic N) is 1. The fraction of sp³-hybridized carbons (Fsp3) is 0.200. The lowest BCUT2D eigenvalue weighted by Crippen LogP contribution is -2.24. The molecule has 3 rings (SSSR count). The topological polar surface area (TPSA) is 23.5 Å². The van der Waals surface area contributed by atoms with Crippen molar-refractivity contribution in [3.63, 3.8) is 0 Å². The number of aliphatic hydroxyl groups is 1. The maximum absolute atomic E-state index is 10.5. The predicted molar refractivity (Wildman–Crippen MR) is 99.9 cm³/mol. The minimum absolute atomic E-state index is 0.477. The van der Waals surface area contributed by atoms with Gasteiger partial charge in [0.1, 0.15) is 7.85 Å². The van der Waals surface area contributed by atoms with Gasteiger partial charge >= 0.3 is 0 Å². The molecule has 3 heteroatoms. The Hall–Kier alpha value is -2.10. The molecule has 0 aliphatic rings. The van der Waals surface area contributed by atoms with Crippen molar-refractivity contribution in [2.24, 2.45) is 0 Å². The van der Waals surface area contributed by atoms with Crippen molar-refractivity contribution < 1.29 is 5.11 Å². The van der Waals surface area contributed by atoms with Crippen LogP contribution in [0.2, 0.25) is 0 Å². The molecule has 116 valence electrons. The van der Waals surface area contributed by atoms with Crippen LogP contribution in [-0.2, 0) is 6.54 Å². The molecule has 1 atom stereocenters. The van der Waals surface area contributed by atoms with Crippen LogP contribution in [-0.4, -0.2) is 31.4 Å². The molecule has 0 saturated heterocycles. The molecule has 0 fully saturated rings. The van der Waals surface area contributed by atoms with Gasteiger partial charge in [-0.05, 0) is 35.0 Å². The highest BCUT2D eigenvalue weighted by atomic mass is 16.3. The van der Waals surface area contributed by atoms with Gasteiger partial charge in [0.2, 0.25) is 0 Å². The Morgan fingerprint density at radius 1 is 0.957 bits per heavy atom. The summed E-state index contributed by atoms with van der Waals surface area (Å²) in [5.74, 6) is 0. The number of aliphatic hydroxyl groups excluding tert-OH is 1. The van der Waals surface area contributed by atoms with Crippen LogP contribution in [0.5, 0.6) is 0 Å². The average molecular weight is 303 g/mol. The normalized spacial score (nSPS) is 12.7. The molecule has 1 N–H and O–H groups in total. The van der Waals surface area contributed by atoms with Crippen LogP contribution < -0.4 is 5.46 Å². The molecule has 3 aromatic carbocycles. The standard InChI is InChI=1S/C20H22BNO/c1-22(13-15-5-4-8-19(21)11-15)14-20(23)18-10-9-16-6-2-3-7-17(16)12-18/h2-12,20,23H,13-14,21H2,1H3. The lowest BCUT2D eigenvalue weighted by atomic mass is 9.94. The summed E-state index contributed by atoms with van der Waals surface area (Å²) in [4.78, 5) is 2.16. The van der Waals surface area contributed by atoms with Gasteiger partial charge < -0.3 is 5.11 Å². The predicted octanol–water partition coefficient (Wildman–Crippen LogP) is 2.26. The molecular weight excluding hydrogens is 281 g/mol. The number of hydrogen-bond donors (Lipinski definition) is 1. The molecule has 0 bridgehead atoms. The zero-order chi connectivity index (χ0) is 16.2. The van der Waals surface area contributed by atoms with Crippen molar-refractivity contribution in [3.05, 3.63) is 77.9 Å². The summed E-state index contributed by atoms with van der Waals surface area (Å²) in [6, 6.07) is 22.9. The second kappa shape index (κ2) is 6.99. The van der Waals surface area contributed by atoms with E-state index < -0.39 is 6.10 Å². The van der Waals surface area contributed by atoms with Crippen molar-refractivity contribution in [1.82, 2.24) is 4.90 Å². The Balaban J connectivity index is 1.68. The fourth-order valence-corrected chi connectivity index (χ4v) is 3.00. The molecule has 0 radical (unpaired) electrons. The Bertz CT molecular complexity index is 802. The molecule has 0 spiro atoms. The van der Waals surface area contributed by atoms with E-state index in [0.29, 0.717) is 6.54 Å². The third-order valence-corrected chi connectivity index (χ3v) is 4.18. The molecule has 0 aliphatic carbocycles. The molecule has 2 nitrogen and oxygen atoms in total. The summed E-state index contributed by atoms with van der Waals surface area (Å²) >= 11 is 0. The Labute approximate surface area is 138 Å². The molecule has 1 unspecified atom stereocenters. The molecule has 0 heterocycles. The van der Waals surface area contributed by atoms with Gasteiger partial charge in [0.15, 0.2) is 0 Å². The van der Waals surface area contributed by atoms with E-state index in [1.54, 1.807) is 0 Å². The van der Waals surface area contributed by atoms with E-state index in [1.807, 2.05) is 25.2 Å². The Morgan fingerprint density at radius 2 is 1.74 bits per heavy atom. The van der Waals surface area contributed by atoms with E-state index in [-0.39, 0.29) is 0 Å². The first-order valence-electron chi connectivity index (χ1n) is 8.03. The molecule has 3 aromatic rings. The average Bonchev–Trinajstić information content (AvgIpc) is 2.54. The summed E-state index contributed by atoms with van der Waals surface area (Å²) < 4.78 is 0. The zero-order valence-corrected chi connectivity index (χ0v) is 13.7. The van der Waals surface area contributed by atoms with Crippen LogP contribution in [0.3, 0.4) is 0 Å². The number of likely N-dealkylation sites (N-methyl/N-ethyl adjacent to an activating group) is 1. The minimum Gasteiger partial charge on any atom is -0.387 e. The summed E-state index contributed by atoms with van der Waals surface area (Å²) in [6.07, 6.45) is -0.477. The number of hydrogen-bond acceptors (Lipinski definition) is 2. The Morgan fingerprint density at radius 3 is 2.52 bits per heavy atom. The largest absolute Gasteiger partial charge is 0.387 e. The van der Waals surface area contributed by atoms with E-state index >= 15 is 0 Å². The second-order valence-electron chi connectivity index (χ2n) is 6.31. The first-order chi connectivity index (χ1) is 11.1. The van der Waals surface area contributed by atoms with E-state index in [1.165, 1.54) is 21.8 Å². The van der Waals surface area contributed by atoms with Gasteiger partial charge in [-0.1, -0.05) is 66.1 Å². The Kier molecular flexibility index (Phi) is 4.80. The van der Waals surface area contributed by atoms with Crippen LogP contribution in [0.4, 0.5) is 0 Å². The lowest BCUT2D eigenvalue weighted by Gasteiger charge is -2.21. The maximum atomic E-state index is 10.5. The highest BCUT2D eigenvalue weighted by Crippen LogP contribution is 2.21. The third kappa shape index (κ3) is 4.01. The highest BCUT2D eigenvalue weighted by Gasteiger charge is 2.11. The van der Waals surface area contributed by atoms with Crippen molar-refractivity contribution in [2.75, 3.05) is 13.6 Å². The van der Waals surface area contributed by atoms with Gasteiger partial charge in [0.25, 0.3) is 0 Å². The zero-order valence-electron chi connectivity index (χ0n) is 13.7. The molecule has 23 heavy (non-hydrogen) atoms. The first-order valence-corrected chi connectivity index (χ1v) is 8.03. The molecule has 0 saturated carbocycles. The molecule has 0 aliphatic heterocycles. The summed E-state index contributed by atoms with van der Waals surface area (Å²) in [7, 11) is 4.15. The van der Waals surface area contributed by atoms with Crippen LogP contribution in [0.1, 0.15) is 17.2 Å². The van der Waals surface area contributed by atoms with E-state index in [2.05, 4.69) is 61.3 Å². The van der Waals surface area contributed by atoms with E-state index in [9.17, 15) is 5.11 Å².